The van der Waals surface area contributed by atoms with Gasteiger partial charge in [0.05, 0.1) is 16.3 Å². The summed E-state index contributed by atoms with van der Waals surface area (Å²) in [6.07, 6.45) is -2.81. The van der Waals surface area contributed by atoms with Gasteiger partial charge in [-0.25, -0.2) is 0 Å². The normalized spacial score (nSPS) is 18.7. The average molecular weight is 540 g/mol. The zero-order chi connectivity index (χ0) is 23.9. The van der Waals surface area contributed by atoms with E-state index in [0.717, 1.165) is 33.9 Å². The largest absolute Gasteiger partial charge is 0.416 e. The van der Waals surface area contributed by atoms with Crippen molar-refractivity contribution >= 4 is 44.9 Å². The third-order valence-corrected chi connectivity index (χ3v) is 6.62. The zero-order valence-corrected chi connectivity index (χ0v) is 19.8. The number of rotatable bonds is 3. The first-order chi connectivity index (χ1) is 15.6. The maximum atomic E-state index is 13.4. The Morgan fingerprint density at radius 1 is 1.15 bits per heavy atom. The highest BCUT2D eigenvalue weighted by molar-refractivity contribution is 9.10. The summed E-state index contributed by atoms with van der Waals surface area (Å²) in [5.41, 5.74) is 1.77. The summed E-state index contributed by atoms with van der Waals surface area (Å²) in [6, 6.07) is 10.0. The molecule has 4 rings (SSSR count). The Morgan fingerprint density at radius 2 is 1.85 bits per heavy atom. The maximum Gasteiger partial charge on any atom is 0.416 e. The lowest BCUT2D eigenvalue weighted by molar-refractivity contribution is -0.137. The van der Waals surface area contributed by atoms with Crippen LogP contribution in [-0.2, 0) is 15.8 Å². The SMILES string of the molecule is CC1=C(C(=O)Nc2cc(C(F)(F)F)ccc2Cl)[C@@H](c2ccc(Br)cc2)C2=C(CCCC2=O)N1. The van der Waals surface area contributed by atoms with Crippen molar-refractivity contribution in [3.63, 3.8) is 0 Å². The van der Waals surface area contributed by atoms with Crippen molar-refractivity contribution < 1.29 is 22.8 Å². The highest BCUT2D eigenvalue weighted by atomic mass is 79.9. The van der Waals surface area contributed by atoms with Crippen LogP contribution < -0.4 is 10.6 Å². The van der Waals surface area contributed by atoms with Crippen LogP contribution in [0.4, 0.5) is 18.9 Å². The number of halogens is 5. The highest BCUT2D eigenvalue weighted by Gasteiger charge is 2.39. The van der Waals surface area contributed by atoms with Gasteiger partial charge in [-0.3, -0.25) is 9.59 Å². The minimum Gasteiger partial charge on any atom is -0.362 e. The third kappa shape index (κ3) is 4.73. The molecule has 0 spiro atoms. The molecule has 2 N–H and O–H groups in total. The Labute approximate surface area is 202 Å². The van der Waals surface area contributed by atoms with Crippen molar-refractivity contribution in [2.24, 2.45) is 0 Å². The van der Waals surface area contributed by atoms with E-state index in [1.165, 1.54) is 0 Å². The Hall–Kier alpha value is -2.58. The number of hydrogen-bond donors (Lipinski definition) is 2. The fraction of sp³-hybridized carbons (Fsp3) is 0.250. The molecule has 0 fully saturated rings. The maximum absolute atomic E-state index is 13.4. The second-order valence-electron chi connectivity index (χ2n) is 7.96. The van der Waals surface area contributed by atoms with E-state index >= 15 is 0 Å². The van der Waals surface area contributed by atoms with Crippen LogP contribution in [0, 0.1) is 0 Å². The molecule has 1 aliphatic heterocycles. The minimum atomic E-state index is -4.58. The van der Waals surface area contributed by atoms with Gasteiger partial charge in [0.25, 0.3) is 5.91 Å². The number of dihydropyridines is 1. The van der Waals surface area contributed by atoms with Gasteiger partial charge < -0.3 is 10.6 Å². The van der Waals surface area contributed by atoms with E-state index < -0.39 is 23.6 Å². The van der Waals surface area contributed by atoms with E-state index in [-0.39, 0.29) is 22.1 Å². The van der Waals surface area contributed by atoms with Crippen molar-refractivity contribution in [2.75, 3.05) is 5.32 Å². The van der Waals surface area contributed by atoms with Crippen LogP contribution in [0.2, 0.25) is 5.02 Å². The van der Waals surface area contributed by atoms with Crippen LogP contribution >= 0.6 is 27.5 Å². The third-order valence-electron chi connectivity index (χ3n) is 5.77. The fourth-order valence-corrected chi connectivity index (χ4v) is 4.69. The molecule has 33 heavy (non-hydrogen) atoms. The second-order valence-corrected chi connectivity index (χ2v) is 9.29. The predicted molar refractivity (Wildman–Crippen MR) is 124 cm³/mol. The summed E-state index contributed by atoms with van der Waals surface area (Å²) in [7, 11) is 0. The predicted octanol–water partition coefficient (Wildman–Crippen LogP) is 6.73. The summed E-state index contributed by atoms with van der Waals surface area (Å²) >= 11 is 9.48. The van der Waals surface area contributed by atoms with Gasteiger partial charge in [-0.1, -0.05) is 39.7 Å². The number of ketones is 1. The lowest BCUT2D eigenvalue weighted by atomic mass is 9.75. The van der Waals surface area contributed by atoms with Gasteiger partial charge in [-0.2, -0.15) is 13.2 Å². The summed E-state index contributed by atoms with van der Waals surface area (Å²) in [4.78, 5) is 26.3. The van der Waals surface area contributed by atoms with Gasteiger partial charge in [0.2, 0.25) is 0 Å². The van der Waals surface area contributed by atoms with Gasteiger partial charge in [0.1, 0.15) is 0 Å². The smallest absolute Gasteiger partial charge is 0.362 e. The molecule has 0 unspecified atom stereocenters. The Balaban J connectivity index is 1.77. The van der Waals surface area contributed by atoms with Crippen LogP contribution in [0.1, 0.15) is 43.2 Å². The summed E-state index contributed by atoms with van der Waals surface area (Å²) < 4.78 is 40.4. The molecule has 1 aliphatic carbocycles. The van der Waals surface area contributed by atoms with E-state index in [1.807, 2.05) is 24.3 Å². The van der Waals surface area contributed by atoms with Gasteiger partial charge in [-0.15, -0.1) is 0 Å². The standard InChI is InChI=1S/C24H19BrClF3N2O2/c1-12-20(23(33)31-18-11-14(24(27,28)29)7-10-16(18)26)21(13-5-8-15(25)9-6-13)22-17(30-12)3-2-4-19(22)32/h5-11,21,30H,2-4H2,1H3,(H,31,33)/t21-/m1/s1. The molecule has 0 radical (unpaired) electrons. The van der Waals surface area contributed by atoms with Crippen LogP contribution in [0.3, 0.4) is 0 Å². The summed E-state index contributed by atoms with van der Waals surface area (Å²) in [5.74, 6) is -1.32. The molecule has 2 aromatic rings. The molecule has 1 atom stereocenters. The van der Waals surface area contributed by atoms with E-state index in [4.69, 9.17) is 11.6 Å². The van der Waals surface area contributed by atoms with E-state index in [2.05, 4.69) is 26.6 Å². The van der Waals surface area contributed by atoms with Crippen LogP contribution in [0.25, 0.3) is 0 Å². The Kier molecular flexibility index (Phi) is 6.42. The number of nitrogens with one attached hydrogen (secondary N) is 2. The van der Waals surface area contributed by atoms with E-state index in [9.17, 15) is 22.8 Å². The first kappa shape index (κ1) is 23.6. The van der Waals surface area contributed by atoms with Gasteiger partial charge in [0.15, 0.2) is 5.78 Å². The molecule has 1 amide bonds. The summed E-state index contributed by atoms with van der Waals surface area (Å²) in [5, 5.41) is 5.69. The van der Waals surface area contributed by atoms with E-state index in [0.29, 0.717) is 30.5 Å². The van der Waals surface area contributed by atoms with Crippen LogP contribution in [0.15, 0.2) is 69.5 Å². The lowest BCUT2D eigenvalue weighted by Gasteiger charge is -2.34. The Morgan fingerprint density at radius 3 is 2.52 bits per heavy atom. The molecule has 4 nitrogen and oxygen atoms in total. The molecule has 0 saturated heterocycles. The number of hydrogen-bond acceptors (Lipinski definition) is 3. The van der Waals surface area contributed by atoms with Crippen molar-refractivity contribution in [3.05, 3.63) is 85.6 Å². The number of carbonyl (C=O) groups excluding carboxylic acids is 2. The van der Waals surface area contributed by atoms with Gasteiger partial charge >= 0.3 is 6.18 Å². The lowest BCUT2D eigenvalue weighted by Crippen LogP contribution is -2.35. The molecule has 0 aromatic heterocycles. The molecule has 1 heterocycles. The molecule has 2 aromatic carbocycles. The van der Waals surface area contributed by atoms with Crippen LogP contribution in [0.5, 0.6) is 0 Å². The molecule has 0 saturated carbocycles. The molecule has 172 valence electrons. The Bertz CT molecular complexity index is 1200. The summed E-state index contributed by atoms with van der Waals surface area (Å²) in [6.45, 7) is 1.72. The van der Waals surface area contributed by atoms with Crippen molar-refractivity contribution in [1.29, 1.82) is 0 Å². The van der Waals surface area contributed by atoms with Gasteiger partial charge in [0, 0.05) is 39.4 Å². The number of anilines is 1. The topological polar surface area (TPSA) is 58.2 Å². The molecule has 2 aliphatic rings. The highest BCUT2D eigenvalue weighted by Crippen LogP contribution is 2.43. The number of alkyl halides is 3. The number of allylic oxidation sites excluding steroid dienone is 3. The van der Waals surface area contributed by atoms with Crippen LogP contribution in [-0.4, -0.2) is 11.7 Å². The quantitative estimate of drug-likeness (QED) is 0.455. The monoisotopic (exact) mass is 538 g/mol. The first-order valence-electron chi connectivity index (χ1n) is 10.2. The molecule has 9 heteroatoms. The van der Waals surface area contributed by atoms with Crippen molar-refractivity contribution in [3.8, 4) is 0 Å². The van der Waals surface area contributed by atoms with Crippen molar-refractivity contribution in [1.82, 2.24) is 5.32 Å². The van der Waals surface area contributed by atoms with Gasteiger partial charge in [-0.05, 0) is 55.7 Å². The molecule has 0 bridgehead atoms. The number of benzene rings is 2. The van der Waals surface area contributed by atoms with E-state index in [1.54, 1.807) is 6.92 Å². The first-order valence-corrected chi connectivity index (χ1v) is 11.4. The zero-order valence-electron chi connectivity index (χ0n) is 17.4. The minimum absolute atomic E-state index is 0.0211. The van der Waals surface area contributed by atoms with Crippen molar-refractivity contribution in [2.45, 2.75) is 38.3 Å². The number of carbonyl (C=O) groups is 2. The fourth-order valence-electron chi connectivity index (χ4n) is 4.26. The number of Topliss-reactive ketones (excluding diaryl/α,β-unsaturated/α-hetero) is 1. The molecular weight excluding hydrogens is 521 g/mol. The average Bonchev–Trinajstić information content (AvgIpc) is 2.74. The second kappa shape index (κ2) is 8.99. The number of amides is 1. The molecular formula is C24H19BrClF3N2O2.